The molecular weight excluding hydrogens is 212 g/mol. The number of nitrogens with zero attached hydrogens (tertiary/aromatic N) is 1. The smallest absolute Gasteiger partial charge is 0.151 e. The average Bonchev–Trinajstić information content (AvgIpc) is 2.45. The van der Waals surface area contributed by atoms with Crippen molar-refractivity contribution in [3.05, 3.63) is 0 Å². The largest absolute Gasteiger partial charge is 0.317 e. The van der Waals surface area contributed by atoms with Crippen LogP contribution >= 0.6 is 0 Å². The Labute approximate surface area is 91.9 Å². The van der Waals surface area contributed by atoms with Crippen LogP contribution in [0.5, 0.6) is 0 Å². The lowest BCUT2D eigenvalue weighted by Crippen LogP contribution is -2.41. The minimum atomic E-state index is -2.72. The number of hydrogen-bond donors (Lipinski definition) is 1. The van der Waals surface area contributed by atoms with Crippen molar-refractivity contribution in [1.29, 1.82) is 0 Å². The molecular formula is C10H20N2O2S. The van der Waals surface area contributed by atoms with E-state index in [-0.39, 0.29) is 0 Å². The molecule has 2 aliphatic heterocycles. The van der Waals surface area contributed by atoms with Crippen molar-refractivity contribution in [2.24, 2.45) is 0 Å². The van der Waals surface area contributed by atoms with Crippen LogP contribution in [0.4, 0.5) is 0 Å². The van der Waals surface area contributed by atoms with Crippen molar-refractivity contribution in [1.82, 2.24) is 10.2 Å². The van der Waals surface area contributed by atoms with E-state index in [1.165, 1.54) is 0 Å². The van der Waals surface area contributed by atoms with Gasteiger partial charge >= 0.3 is 0 Å². The Balaban J connectivity index is 1.91. The third-order valence-electron chi connectivity index (χ3n) is 3.32. The number of hydrogen-bond acceptors (Lipinski definition) is 4. The summed E-state index contributed by atoms with van der Waals surface area (Å²) in [7, 11) is -2.72. The number of rotatable bonds is 1. The topological polar surface area (TPSA) is 49.4 Å². The Kier molecular flexibility index (Phi) is 3.64. The van der Waals surface area contributed by atoms with Crippen LogP contribution in [0.25, 0.3) is 0 Å². The summed E-state index contributed by atoms with van der Waals surface area (Å²) in [5, 5.41) is 3.37. The van der Waals surface area contributed by atoms with Crippen LogP contribution in [0.15, 0.2) is 0 Å². The standard InChI is InChI=1S/C10H20N2O2S/c13-15(14)8-3-10(9-15)12-6-1-4-11-5-2-7-12/h10-11H,1-9H2. The van der Waals surface area contributed by atoms with Crippen molar-refractivity contribution in [2.75, 3.05) is 37.7 Å². The molecule has 2 saturated heterocycles. The van der Waals surface area contributed by atoms with Gasteiger partial charge in [-0.05, 0) is 45.4 Å². The van der Waals surface area contributed by atoms with E-state index in [9.17, 15) is 8.42 Å². The van der Waals surface area contributed by atoms with E-state index in [0.29, 0.717) is 17.5 Å². The summed E-state index contributed by atoms with van der Waals surface area (Å²) in [5.41, 5.74) is 0. The van der Waals surface area contributed by atoms with Crippen LogP contribution in [0.1, 0.15) is 19.3 Å². The fraction of sp³-hybridized carbons (Fsp3) is 1.00. The van der Waals surface area contributed by atoms with Crippen molar-refractivity contribution in [2.45, 2.75) is 25.3 Å². The molecule has 0 saturated carbocycles. The Morgan fingerprint density at radius 2 is 1.80 bits per heavy atom. The van der Waals surface area contributed by atoms with Gasteiger partial charge in [0.15, 0.2) is 9.84 Å². The Morgan fingerprint density at radius 1 is 1.13 bits per heavy atom. The monoisotopic (exact) mass is 232 g/mol. The third-order valence-corrected chi connectivity index (χ3v) is 5.07. The normalized spacial score (nSPS) is 33.5. The van der Waals surface area contributed by atoms with Crippen LogP contribution in [-0.4, -0.2) is 57.0 Å². The number of nitrogens with one attached hydrogen (secondary N) is 1. The van der Waals surface area contributed by atoms with E-state index in [2.05, 4.69) is 10.2 Å². The molecule has 1 unspecified atom stereocenters. The highest BCUT2D eigenvalue weighted by Crippen LogP contribution is 2.18. The first-order valence-electron chi connectivity index (χ1n) is 5.82. The molecule has 2 aliphatic rings. The summed E-state index contributed by atoms with van der Waals surface area (Å²) >= 11 is 0. The SMILES string of the molecule is O=S1(=O)CCC(N2CCCNCCC2)C1. The van der Waals surface area contributed by atoms with Gasteiger partial charge in [-0.1, -0.05) is 0 Å². The van der Waals surface area contributed by atoms with Gasteiger partial charge in [-0.15, -0.1) is 0 Å². The molecule has 1 atom stereocenters. The molecule has 2 heterocycles. The quantitative estimate of drug-likeness (QED) is 0.683. The summed E-state index contributed by atoms with van der Waals surface area (Å²) in [6.07, 6.45) is 3.11. The van der Waals surface area contributed by atoms with Gasteiger partial charge in [0.2, 0.25) is 0 Å². The minimum Gasteiger partial charge on any atom is -0.317 e. The summed E-state index contributed by atoms with van der Waals surface area (Å²) in [5.74, 6) is 0.785. The highest BCUT2D eigenvalue weighted by atomic mass is 32.2. The van der Waals surface area contributed by atoms with Gasteiger partial charge in [-0.3, -0.25) is 4.90 Å². The van der Waals surface area contributed by atoms with Crippen LogP contribution in [0.2, 0.25) is 0 Å². The average molecular weight is 232 g/mol. The van der Waals surface area contributed by atoms with Gasteiger partial charge in [0.05, 0.1) is 11.5 Å². The Morgan fingerprint density at radius 3 is 2.33 bits per heavy atom. The highest BCUT2D eigenvalue weighted by molar-refractivity contribution is 7.91. The fourth-order valence-corrected chi connectivity index (χ4v) is 4.24. The van der Waals surface area contributed by atoms with E-state index >= 15 is 0 Å². The molecule has 0 aliphatic carbocycles. The molecule has 0 aromatic heterocycles. The first-order valence-corrected chi connectivity index (χ1v) is 7.65. The maximum Gasteiger partial charge on any atom is 0.151 e. The van der Waals surface area contributed by atoms with Crippen molar-refractivity contribution < 1.29 is 8.42 Å². The predicted octanol–water partition coefficient (Wildman–Crippen LogP) is -0.141. The second-order valence-electron chi connectivity index (χ2n) is 4.55. The molecule has 0 spiro atoms. The van der Waals surface area contributed by atoms with Crippen LogP contribution < -0.4 is 5.32 Å². The molecule has 0 bridgehead atoms. The summed E-state index contributed by atoms with van der Waals surface area (Å²) in [6, 6.07) is 0.299. The minimum absolute atomic E-state index is 0.299. The van der Waals surface area contributed by atoms with Gasteiger partial charge in [0.1, 0.15) is 0 Å². The molecule has 88 valence electrons. The second kappa shape index (κ2) is 4.80. The molecule has 0 aromatic carbocycles. The summed E-state index contributed by atoms with van der Waals surface area (Å²) in [4.78, 5) is 2.38. The Bertz CT molecular complexity index is 295. The zero-order valence-electron chi connectivity index (χ0n) is 9.11. The van der Waals surface area contributed by atoms with E-state index in [0.717, 1.165) is 45.4 Å². The molecule has 0 aromatic rings. The zero-order chi connectivity index (χ0) is 10.7. The highest BCUT2D eigenvalue weighted by Gasteiger charge is 2.31. The maximum absolute atomic E-state index is 11.4. The lowest BCUT2D eigenvalue weighted by Gasteiger charge is -2.29. The van der Waals surface area contributed by atoms with E-state index in [1.807, 2.05) is 0 Å². The van der Waals surface area contributed by atoms with Gasteiger partial charge in [0.25, 0.3) is 0 Å². The second-order valence-corrected chi connectivity index (χ2v) is 6.78. The molecule has 2 fully saturated rings. The molecule has 4 nitrogen and oxygen atoms in total. The zero-order valence-corrected chi connectivity index (χ0v) is 9.93. The van der Waals surface area contributed by atoms with Crippen molar-refractivity contribution in [3.8, 4) is 0 Å². The molecule has 2 rings (SSSR count). The Hall–Kier alpha value is -0.130. The maximum atomic E-state index is 11.4. The van der Waals surface area contributed by atoms with Gasteiger partial charge < -0.3 is 5.32 Å². The molecule has 5 heteroatoms. The molecule has 1 N–H and O–H groups in total. The van der Waals surface area contributed by atoms with Gasteiger partial charge in [-0.2, -0.15) is 0 Å². The predicted molar refractivity (Wildman–Crippen MR) is 60.7 cm³/mol. The lowest BCUT2D eigenvalue weighted by atomic mass is 10.2. The van der Waals surface area contributed by atoms with E-state index in [4.69, 9.17) is 0 Å². The van der Waals surface area contributed by atoms with E-state index in [1.54, 1.807) is 0 Å². The number of sulfone groups is 1. The van der Waals surface area contributed by atoms with Crippen LogP contribution in [0, 0.1) is 0 Å². The first kappa shape index (κ1) is 11.4. The van der Waals surface area contributed by atoms with Crippen LogP contribution in [-0.2, 0) is 9.84 Å². The molecule has 0 radical (unpaired) electrons. The van der Waals surface area contributed by atoms with Crippen molar-refractivity contribution in [3.63, 3.8) is 0 Å². The molecule has 0 amide bonds. The fourth-order valence-electron chi connectivity index (χ4n) is 2.48. The van der Waals surface area contributed by atoms with Gasteiger partial charge in [-0.25, -0.2) is 8.42 Å². The van der Waals surface area contributed by atoms with E-state index < -0.39 is 9.84 Å². The lowest BCUT2D eigenvalue weighted by molar-refractivity contribution is 0.197. The van der Waals surface area contributed by atoms with Crippen LogP contribution in [0.3, 0.4) is 0 Å². The molecule has 15 heavy (non-hydrogen) atoms. The van der Waals surface area contributed by atoms with Crippen molar-refractivity contribution >= 4 is 9.84 Å². The third kappa shape index (κ3) is 3.16. The summed E-state index contributed by atoms with van der Waals surface area (Å²) in [6.45, 7) is 4.23. The summed E-state index contributed by atoms with van der Waals surface area (Å²) < 4.78 is 22.8. The first-order chi connectivity index (χ1) is 7.17. The van der Waals surface area contributed by atoms with Gasteiger partial charge in [0, 0.05) is 6.04 Å².